The Balaban J connectivity index is 2.11. The molecule has 0 radical (unpaired) electrons. The highest BCUT2D eigenvalue weighted by Gasteiger charge is 2.12. The molecule has 0 fully saturated rings. The second kappa shape index (κ2) is 6.67. The van der Waals surface area contributed by atoms with E-state index in [1.807, 2.05) is 25.1 Å². The third-order valence-electron chi connectivity index (χ3n) is 3.84. The van der Waals surface area contributed by atoms with Crippen LogP contribution in [-0.2, 0) is 12.8 Å². The zero-order chi connectivity index (χ0) is 14.5. The minimum absolute atomic E-state index is 0.144. The summed E-state index contributed by atoms with van der Waals surface area (Å²) in [5.74, 6) is -0.0361. The first-order valence-corrected chi connectivity index (χ1v) is 7.00. The quantitative estimate of drug-likeness (QED) is 0.877. The number of rotatable bonds is 5. The van der Waals surface area contributed by atoms with E-state index in [0.29, 0.717) is 0 Å². The highest BCUT2D eigenvalue weighted by atomic mass is 19.1. The number of aliphatic hydroxyl groups is 1. The maximum atomic E-state index is 13.1. The molecule has 0 saturated carbocycles. The van der Waals surface area contributed by atoms with Crippen LogP contribution in [0.15, 0.2) is 42.5 Å². The summed E-state index contributed by atoms with van der Waals surface area (Å²) in [4.78, 5) is 0. The van der Waals surface area contributed by atoms with Gasteiger partial charge < -0.3 is 5.11 Å². The van der Waals surface area contributed by atoms with Crippen molar-refractivity contribution < 1.29 is 9.50 Å². The molecule has 1 nitrogen and oxygen atoms in total. The number of hydrogen-bond donors (Lipinski definition) is 1. The predicted octanol–water partition coefficient (Wildman–Crippen LogP) is 3.84. The summed E-state index contributed by atoms with van der Waals surface area (Å²) < 4.78 is 13.1. The molecule has 1 N–H and O–H groups in total. The molecule has 2 aromatic rings. The zero-order valence-corrected chi connectivity index (χ0v) is 12.1. The molecule has 1 unspecified atom stereocenters. The average Bonchev–Trinajstić information content (AvgIpc) is 2.43. The molecule has 0 bridgehead atoms. The lowest BCUT2D eigenvalue weighted by Crippen LogP contribution is -2.14. The summed E-state index contributed by atoms with van der Waals surface area (Å²) in [6.07, 6.45) is 1.62. The standard InChI is InChI=1S/C18H21FO/c1-13-5-3-4-6-16(13)10-15(12-20)11-17-7-8-18(19)9-14(17)2/h3-9,15,20H,10-12H2,1-2H3. The predicted molar refractivity (Wildman–Crippen MR) is 80.3 cm³/mol. The highest BCUT2D eigenvalue weighted by Crippen LogP contribution is 2.19. The van der Waals surface area contributed by atoms with Gasteiger partial charge in [-0.3, -0.25) is 0 Å². The minimum Gasteiger partial charge on any atom is -0.396 e. The Bertz CT molecular complexity index is 577. The van der Waals surface area contributed by atoms with Gasteiger partial charge in [-0.25, -0.2) is 4.39 Å². The van der Waals surface area contributed by atoms with E-state index in [-0.39, 0.29) is 18.3 Å². The van der Waals surface area contributed by atoms with Crippen molar-refractivity contribution in [1.29, 1.82) is 0 Å². The maximum Gasteiger partial charge on any atom is 0.123 e. The van der Waals surface area contributed by atoms with Crippen molar-refractivity contribution in [2.24, 2.45) is 5.92 Å². The summed E-state index contributed by atoms with van der Waals surface area (Å²) in [6, 6.07) is 13.1. The van der Waals surface area contributed by atoms with Crippen LogP contribution in [0.5, 0.6) is 0 Å². The maximum absolute atomic E-state index is 13.1. The van der Waals surface area contributed by atoms with Crippen LogP contribution in [-0.4, -0.2) is 11.7 Å². The Kier molecular flexibility index (Phi) is 4.91. The number of benzene rings is 2. The minimum atomic E-state index is -0.203. The van der Waals surface area contributed by atoms with Gasteiger partial charge in [-0.1, -0.05) is 30.3 Å². The fourth-order valence-electron chi connectivity index (χ4n) is 2.55. The van der Waals surface area contributed by atoms with Gasteiger partial charge in [-0.2, -0.15) is 0 Å². The van der Waals surface area contributed by atoms with E-state index < -0.39 is 0 Å². The van der Waals surface area contributed by atoms with Gasteiger partial charge in [-0.05, 0) is 67.0 Å². The molecule has 2 aromatic carbocycles. The molecular weight excluding hydrogens is 251 g/mol. The van der Waals surface area contributed by atoms with Crippen molar-refractivity contribution in [3.63, 3.8) is 0 Å². The number of aliphatic hydroxyl groups excluding tert-OH is 1. The molecule has 20 heavy (non-hydrogen) atoms. The molecule has 0 aromatic heterocycles. The van der Waals surface area contributed by atoms with Gasteiger partial charge in [-0.15, -0.1) is 0 Å². The topological polar surface area (TPSA) is 20.2 Å². The summed E-state index contributed by atoms with van der Waals surface area (Å²) in [6.45, 7) is 4.15. The van der Waals surface area contributed by atoms with E-state index in [1.165, 1.54) is 17.2 Å². The Labute approximate surface area is 120 Å². The number of halogens is 1. The second-order valence-corrected chi connectivity index (χ2v) is 5.45. The lowest BCUT2D eigenvalue weighted by atomic mass is 9.90. The summed E-state index contributed by atoms with van der Waals surface area (Å²) >= 11 is 0. The Morgan fingerprint density at radius 2 is 1.60 bits per heavy atom. The molecular formula is C18H21FO. The van der Waals surface area contributed by atoms with Crippen LogP contribution in [0.25, 0.3) is 0 Å². The molecule has 1 atom stereocenters. The van der Waals surface area contributed by atoms with Crippen molar-refractivity contribution in [2.45, 2.75) is 26.7 Å². The van der Waals surface area contributed by atoms with Gasteiger partial charge in [0, 0.05) is 6.61 Å². The molecule has 2 heteroatoms. The van der Waals surface area contributed by atoms with Crippen LogP contribution in [0, 0.1) is 25.6 Å². The summed E-state index contributed by atoms with van der Waals surface area (Å²) in [5.41, 5.74) is 4.58. The van der Waals surface area contributed by atoms with Gasteiger partial charge >= 0.3 is 0 Å². The first-order chi connectivity index (χ1) is 9.60. The smallest absolute Gasteiger partial charge is 0.123 e. The van der Waals surface area contributed by atoms with Gasteiger partial charge in [0.1, 0.15) is 5.82 Å². The molecule has 0 heterocycles. The molecule has 106 valence electrons. The largest absolute Gasteiger partial charge is 0.396 e. The molecule has 0 aliphatic heterocycles. The van der Waals surface area contributed by atoms with E-state index in [9.17, 15) is 9.50 Å². The van der Waals surface area contributed by atoms with Crippen molar-refractivity contribution >= 4 is 0 Å². The van der Waals surface area contributed by atoms with E-state index in [0.717, 1.165) is 24.0 Å². The molecule has 0 aliphatic carbocycles. The molecule has 2 rings (SSSR count). The molecule has 0 spiro atoms. The van der Waals surface area contributed by atoms with E-state index in [2.05, 4.69) is 19.1 Å². The highest BCUT2D eigenvalue weighted by molar-refractivity contribution is 5.29. The van der Waals surface area contributed by atoms with E-state index in [1.54, 1.807) is 6.07 Å². The third-order valence-corrected chi connectivity index (χ3v) is 3.84. The summed E-state index contributed by atoms with van der Waals surface area (Å²) in [5, 5.41) is 9.61. The van der Waals surface area contributed by atoms with Gasteiger partial charge in [0.2, 0.25) is 0 Å². The van der Waals surface area contributed by atoms with Gasteiger partial charge in [0.15, 0.2) is 0 Å². The normalized spacial score (nSPS) is 12.4. The van der Waals surface area contributed by atoms with Crippen molar-refractivity contribution in [3.8, 4) is 0 Å². The van der Waals surface area contributed by atoms with Gasteiger partial charge in [0.25, 0.3) is 0 Å². The molecule has 0 saturated heterocycles. The van der Waals surface area contributed by atoms with Crippen molar-refractivity contribution in [2.75, 3.05) is 6.61 Å². The van der Waals surface area contributed by atoms with Crippen LogP contribution in [0.2, 0.25) is 0 Å². The Hall–Kier alpha value is -1.67. The fraction of sp³-hybridized carbons (Fsp3) is 0.333. The van der Waals surface area contributed by atoms with Crippen molar-refractivity contribution in [3.05, 3.63) is 70.5 Å². The number of aryl methyl sites for hydroxylation is 2. The van der Waals surface area contributed by atoms with Gasteiger partial charge in [0.05, 0.1) is 0 Å². The molecule has 0 amide bonds. The third kappa shape index (κ3) is 3.67. The monoisotopic (exact) mass is 272 g/mol. The Morgan fingerprint density at radius 1 is 0.950 bits per heavy atom. The lowest BCUT2D eigenvalue weighted by Gasteiger charge is -2.17. The second-order valence-electron chi connectivity index (χ2n) is 5.45. The molecule has 0 aliphatic rings. The van der Waals surface area contributed by atoms with Crippen LogP contribution in [0.4, 0.5) is 4.39 Å². The van der Waals surface area contributed by atoms with Crippen LogP contribution in [0.1, 0.15) is 22.3 Å². The summed E-state index contributed by atoms with van der Waals surface area (Å²) in [7, 11) is 0. The first kappa shape index (κ1) is 14.7. The SMILES string of the molecule is Cc1ccccc1CC(CO)Cc1ccc(F)cc1C. The van der Waals surface area contributed by atoms with Crippen LogP contribution in [0.3, 0.4) is 0 Å². The average molecular weight is 272 g/mol. The zero-order valence-electron chi connectivity index (χ0n) is 12.1. The van der Waals surface area contributed by atoms with E-state index in [4.69, 9.17) is 0 Å². The lowest BCUT2D eigenvalue weighted by molar-refractivity contribution is 0.224. The number of hydrogen-bond acceptors (Lipinski definition) is 1. The Morgan fingerprint density at radius 3 is 2.20 bits per heavy atom. The first-order valence-electron chi connectivity index (χ1n) is 7.00. The van der Waals surface area contributed by atoms with Crippen LogP contribution >= 0.6 is 0 Å². The van der Waals surface area contributed by atoms with Crippen LogP contribution < -0.4 is 0 Å². The fourth-order valence-corrected chi connectivity index (χ4v) is 2.55. The van der Waals surface area contributed by atoms with E-state index >= 15 is 0 Å². The van der Waals surface area contributed by atoms with Crippen molar-refractivity contribution in [1.82, 2.24) is 0 Å².